The molecule has 0 aromatic heterocycles. The molecule has 1 amide bonds. The predicted octanol–water partition coefficient (Wildman–Crippen LogP) is 6.16. The third-order valence-electron chi connectivity index (χ3n) is 5.77. The maximum Gasteiger partial charge on any atom is 0.336 e. The van der Waals surface area contributed by atoms with Gasteiger partial charge in [-0.3, -0.25) is 9.59 Å². The molecule has 0 fully saturated rings. The molecule has 0 saturated heterocycles. The fourth-order valence-electron chi connectivity index (χ4n) is 3.82. The van der Waals surface area contributed by atoms with Crippen molar-refractivity contribution in [2.24, 2.45) is 0 Å². The Bertz CT molecular complexity index is 1610. The highest BCUT2D eigenvalue weighted by Gasteiger charge is 2.19. The molecule has 0 bridgehead atoms. The van der Waals surface area contributed by atoms with Crippen molar-refractivity contribution in [1.82, 2.24) is 0 Å². The minimum atomic E-state index is -1.31. The van der Waals surface area contributed by atoms with Crippen LogP contribution in [0.4, 0.5) is 11.4 Å². The Hall–Kier alpha value is -5.64. The molecule has 10 nitrogen and oxygen atoms in total. The number of ether oxygens (including phenoxy) is 2. The summed E-state index contributed by atoms with van der Waals surface area (Å²) in [6, 6.07) is 21.6. The van der Waals surface area contributed by atoms with Crippen LogP contribution in [-0.2, 0) is 0 Å². The Morgan fingerprint density at radius 3 is 1.70 bits per heavy atom. The highest BCUT2D eigenvalue weighted by Crippen LogP contribution is 2.28. The number of benzene rings is 4. The summed E-state index contributed by atoms with van der Waals surface area (Å²) in [4.78, 5) is 48.2. The molecular formula is C30H24N2O8. The van der Waals surface area contributed by atoms with E-state index < -0.39 is 23.6 Å². The maximum absolute atomic E-state index is 13.1. The second-order valence-electron chi connectivity index (χ2n) is 8.54. The van der Waals surface area contributed by atoms with Gasteiger partial charge in [-0.25, -0.2) is 9.59 Å². The Morgan fingerprint density at radius 1 is 0.600 bits per heavy atom. The van der Waals surface area contributed by atoms with Gasteiger partial charge in [0, 0.05) is 30.1 Å². The average Bonchev–Trinajstić information content (AvgIpc) is 2.93. The van der Waals surface area contributed by atoms with Crippen molar-refractivity contribution in [3.63, 3.8) is 0 Å². The third kappa shape index (κ3) is 6.43. The fourth-order valence-corrected chi connectivity index (χ4v) is 3.82. The van der Waals surface area contributed by atoms with Gasteiger partial charge < -0.3 is 30.3 Å². The van der Waals surface area contributed by atoms with Crippen LogP contribution in [0.3, 0.4) is 0 Å². The van der Waals surface area contributed by atoms with E-state index in [0.717, 1.165) is 5.69 Å². The summed E-state index contributed by atoms with van der Waals surface area (Å²) >= 11 is 0. The molecule has 0 radical (unpaired) electrons. The molecule has 0 aliphatic rings. The van der Waals surface area contributed by atoms with E-state index in [4.69, 9.17) is 9.47 Å². The maximum atomic E-state index is 13.1. The van der Waals surface area contributed by atoms with Gasteiger partial charge in [-0.1, -0.05) is 6.07 Å². The number of nitrogens with one attached hydrogen (secondary N) is 2. The van der Waals surface area contributed by atoms with Gasteiger partial charge in [0.2, 0.25) is 0 Å². The largest absolute Gasteiger partial charge is 0.478 e. The molecule has 4 rings (SSSR count). The van der Waals surface area contributed by atoms with Crippen LogP contribution < -0.4 is 20.1 Å². The van der Waals surface area contributed by atoms with Crippen LogP contribution in [-0.4, -0.2) is 40.9 Å². The standard InChI is InChI=1S/C30H24N2O8/c1-17(33)26-15-22(10-12-24(26)29(35)36)40-23-11-13-25(30(37)38)27(16-23)28(34)32-18-6-8-20(9-7-18)39-21-5-3-4-19(14-21)31-2/h3-16,31H,1-2H3,(H,32,34)(H,35,36)(H,37,38). The number of carbonyl (C=O) groups excluding carboxylic acids is 2. The number of hydrogen-bond acceptors (Lipinski definition) is 7. The van der Waals surface area contributed by atoms with Gasteiger partial charge in [0.1, 0.15) is 23.0 Å². The Balaban J connectivity index is 1.53. The number of anilines is 2. The zero-order valence-electron chi connectivity index (χ0n) is 21.4. The van der Waals surface area contributed by atoms with Gasteiger partial charge >= 0.3 is 11.9 Å². The van der Waals surface area contributed by atoms with E-state index >= 15 is 0 Å². The van der Waals surface area contributed by atoms with Gasteiger partial charge in [0.15, 0.2) is 5.78 Å². The van der Waals surface area contributed by atoms with Crippen molar-refractivity contribution in [3.05, 3.63) is 107 Å². The van der Waals surface area contributed by atoms with Crippen LogP contribution in [0.5, 0.6) is 23.0 Å². The van der Waals surface area contributed by atoms with Crippen LogP contribution in [0.1, 0.15) is 48.4 Å². The van der Waals surface area contributed by atoms with Crippen LogP contribution in [0, 0.1) is 0 Å². The van der Waals surface area contributed by atoms with E-state index in [1.807, 2.05) is 18.2 Å². The monoisotopic (exact) mass is 540 g/mol. The lowest BCUT2D eigenvalue weighted by Crippen LogP contribution is -2.16. The molecule has 4 N–H and O–H groups in total. The van der Waals surface area contributed by atoms with Crippen molar-refractivity contribution in [3.8, 4) is 23.0 Å². The number of carbonyl (C=O) groups is 4. The summed E-state index contributed by atoms with van der Waals surface area (Å²) in [6.07, 6.45) is 0. The lowest BCUT2D eigenvalue weighted by atomic mass is 10.0. The molecule has 0 aliphatic carbocycles. The zero-order valence-corrected chi connectivity index (χ0v) is 21.4. The van der Waals surface area contributed by atoms with Gasteiger partial charge in [-0.15, -0.1) is 0 Å². The molecule has 40 heavy (non-hydrogen) atoms. The quantitative estimate of drug-likeness (QED) is 0.173. The first-order chi connectivity index (χ1) is 19.1. The molecule has 0 atom stereocenters. The Morgan fingerprint density at radius 2 is 1.12 bits per heavy atom. The summed E-state index contributed by atoms with van der Waals surface area (Å²) in [5.74, 6) is -2.32. The normalized spacial score (nSPS) is 10.3. The number of ketones is 1. The number of amides is 1. The molecule has 0 aliphatic heterocycles. The molecule has 4 aromatic carbocycles. The topological polar surface area (TPSA) is 151 Å². The van der Waals surface area contributed by atoms with E-state index in [-0.39, 0.29) is 33.8 Å². The second-order valence-corrected chi connectivity index (χ2v) is 8.54. The number of carboxylic acids is 2. The van der Waals surface area contributed by atoms with E-state index in [9.17, 15) is 29.4 Å². The van der Waals surface area contributed by atoms with E-state index in [1.54, 1.807) is 37.4 Å². The van der Waals surface area contributed by atoms with E-state index in [2.05, 4.69) is 10.6 Å². The average molecular weight is 541 g/mol. The van der Waals surface area contributed by atoms with Crippen molar-refractivity contribution in [2.45, 2.75) is 6.92 Å². The number of Topliss-reactive ketones (excluding diaryl/α,β-unsaturated/α-hetero) is 1. The third-order valence-corrected chi connectivity index (χ3v) is 5.77. The van der Waals surface area contributed by atoms with Crippen LogP contribution >= 0.6 is 0 Å². The van der Waals surface area contributed by atoms with Crippen LogP contribution in [0.15, 0.2) is 84.9 Å². The summed E-state index contributed by atoms with van der Waals surface area (Å²) < 4.78 is 11.6. The van der Waals surface area contributed by atoms with Gasteiger partial charge in [0.25, 0.3) is 5.91 Å². The summed E-state index contributed by atoms with van der Waals surface area (Å²) in [5, 5.41) is 24.6. The predicted molar refractivity (Wildman–Crippen MR) is 147 cm³/mol. The SMILES string of the molecule is CNc1cccc(Oc2ccc(NC(=O)c3cc(Oc4ccc(C(=O)O)c(C(C)=O)c4)ccc3C(=O)O)cc2)c1. The number of aromatic carboxylic acids is 2. The minimum Gasteiger partial charge on any atom is -0.478 e. The lowest BCUT2D eigenvalue weighted by molar-refractivity contribution is 0.0683. The molecular weight excluding hydrogens is 516 g/mol. The second kappa shape index (κ2) is 11.8. The first-order valence-electron chi connectivity index (χ1n) is 11.9. The highest BCUT2D eigenvalue weighted by atomic mass is 16.5. The van der Waals surface area contributed by atoms with Crippen molar-refractivity contribution < 1.29 is 38.9 Å². The van der Waals surface area contributed by atoms with Crippen LogP contribution in [0.2, 0.25) is 0 Å². The molecule has 0 unspecified atom stereocenters. The summed E-state index contributed by atoms with van der Waals surface area (Å²) in [5.41, 5.74) is 0.650. The van der Waals surface area contributed by atoms with E-state index in [1.165, 1.54) is 43.3 Å². The lowest BCUT2D eigenvalue weighted by Gasteiger charge is -2.13. The summed E-state index contributed by atoms with van der Waals surface area (Å²) in [6.45, 7) is 1.23. The first kappa shape index (κ1) is 27.4. The van der Waals surface area contributed by atoms with Crippen molar-refractivity contribution >= 4 is 35.0 Å². The van der Waals surface area contributed by atoms with Crippen molar-refractivity contribution in [1.29, 1.82) is 0 Å². The highest BCUT2D eigenvalue weighted by molar-refractivity contribution is 6.11. The molecule has 0 saturated carbocycles. The molecule has 0 heterocycles. The van der Waals surface area contributed by atoms with Gasteiger partial charge in [-0.05, 0) is 79.7 Å². The van der Waals surface area contributed by atoms with E-state index in [0.29, 0.717) is 17.2 Å². The Labute approximate surface area is 228 Å². The summed E-state index contributed by atoms with van der Waals surface area (Å²) in [7, 11) is 1.80. The zero-order chi connectivity index (χ0) is 28.8. The van der Waals surface area contributed by atoms with Gasteiger partial charge in [0.05, 0.1) is 16.7 Å². The molecule has 202 valence electrons. The first-order valence-corrected chi connectivity index (χ1v) is 11.9. The number of hydrogen-bond donors (Lipinski definition) is 4. The fraction of sp³-hybridized carbons (Fsp3) is 0.0667. The van der Waals surface area contributed by atoms with Crippen molar-refractivity contribution in [2.75, 3.05) is 17.7 Å². The Kier molecular flexibility index (Phi) is 8.10. The van der Waals surface area contributed by atoms with Gasteiger partial charge in [-0.2, -0.15) is 0 Å². The molecule has 4 aromatic rings. The van der Waals surface area contributed by atoms with Crippen LogP contribution in [0.25, 0.3) is 0 Å². The smallest absolute Gasteiger partial charge is 0.336 e. The molecule has 10 heteroatoms. The minimum absolute atomic E-state index is 0.0488. The number of rotatable bonds is 10. The number of carboxylic acid groups (broad SMARTS) is 2. The molecule has 0 spiro atoms.